The molecule has 31 heavy (non-hydrogen) atoms. The van der Waals surface area contributed by atoms with Crippen molar-refractivity contribution < 1.29 is 9.53 Å². The number of anilines is 3. The fourth-order valence-electron chi connectivity index (χ4n) is 3.22. The molecule has 0 saturated heterocycles. The van der Waals surface area contributed by atoms with Crippen LogP contribution in [0.1, 0.15) is 27.7 Å². The van der Waals surface area contributed by atoms with E-state index in [1.165, 1.54) is 11.7 Å². The first kappa shape index (κ1) is 24.3. The Morgan fingerprint density at radius 1 is 1.26 bits per heavy atom. The third kappa shape index (κ3) is 6.27. The van der Waals surface area contributed by atoms with Crippen LogP contribution in [0.15, 0.2) is 27.8 Å². The molecule has 0 unspecified atom stereocenters. The van der Waals surface area contributed by atoms with E-state index in [2.05, 4.69) is 10.3 Å². The molecule has 0 fully saturated rings. The molecular weight excluding hydrogens is 422 g/mol. The average Bonchev–Trinajstić information content (AvgIpc) is 2.64. The standard InChI is InChI=1S/C21H30ClN5O4/c1-12(2)9-26(11-17(28)24-14-6-7-16(31-5)15(22)8-14)18-19(23)27(10-13(3)4)21(30)25-20(18)29/h6-8,12-13H,9-11,23H2,1-5H3,(H,24,28)(H,25,29,30). The Morgan fingerprint density at radius 3 is 2.48 bits per heavy atom. The minimum Gasteiger partial charge on any atom is -0.495 e. The summed E-state index contributed by atoms with van der Waals surface area (Å²) in [6.07, 6.45) is 0. The molecule has 2 aromatic rings. The molecule has 1 amide bonds. The lowest BCUT2D eigenvalue weighted by molar-refractivity contribution is -0.115. The van der Waals surface area contributed by atoms with Crippen molar-refractivity contribution >= 4 is 34.7 Å². The minimum atomic E-state index is -0.622. The van der Waals surface area contributed by atoms with Crippen molar-refractivity contribution in [2.45, 2.75) is 34.2 Å². The fourth-order valence-corrected chi connectivity index (χ4v) is 3.48. The lowest BCUT2D eigenvalue weighted by atomic mass is 10.2. The summed E-state index contributed by atoms with van der Waals surface area (Å²) in [5.74, 6) is 0.450. The Bertz CT molecular complexity index is 1050. The van der Waals surface area contributed by atoms with Crippen LogP contribution in [-0.2, 0) is 11.3 Å². The average molecular weight is 452 g/mol. The molecule has 0 saturated carbocycles. The van der Waals surface area contributed by atoms with Gasteiger partial charge in [-0.15, -0.1) is 0 Å². The predicted octanol–water partition coefficient (Wildman–Crippen LogP) is 2.54. The summed E-state index contributed by atoms with van der Waals surface area (Å²) in [5.41, 5.74) is 5.64. The van der Waals surface area contributed by atoms with Gasteiger partial charge in [-0.25, -0.2) is 4.79 Å². The Morgan fingerprint density at radius 2 is 1.94 bits per heavy atom. The molecule has 0 spiro atoms. The molecule has 170 valence electrons. The van der Waals surface area contributed by atoms with Crippen molar-refractivity contribution in [3.63, 3.8) is 0 Å². The van der Waals surface area contributed by atoms with Gasteiger partial charge in [0.05, 0.1) is 18.7 Å². The number of nitrogen functional groups attached to an aromatic ring is 1. The van der Waals surface area contributed by atoms with E-state index in [1.807, 2.05) is 27.7 Å². The highest BCUT2D eigenvalue weighted by atomic mass is 35.5. The summed E-state index contributed by atoms with van der Waals surface area (Å²) >= 11 is 6.12. The van der Waals surface area contributed by atoms with Gasteiger partial charge in [0.1, 0.15) is 17.3 Å². The number of carbonyl (C=O) groups excluding carboxylic acids is 1. The van der Waals surface area contributed by atoms with Crippen molar-refractivity contribution in [3.8, 4) is 5.75 Å². The molecule has 4 N–H and O–H groups in total. The number of aromatic nitrogens is 2. The summed E-state index contributed by atoms with van der Waals surface area (Å²) in [7, 11) is 1.50. The van der Waals surface area contributed by atoms with Gasteiger partial charge in [0, 0.05) is 18.8 Å². The molecule has 2 rings (SSSR count). The molecular formula is C21H30ClN5O4. The number of nitrogens with zero attached hydrogens (tertiary/aromatic N) is 2. The first-order valence-electron chi connectivity index (χ1n) is 10.0. The Kier molecular flexibility index (Phi) is 8.15. The van der Waals surface area contributed by atoms with Crippen LogP contribution in [0.3, 0.4) is 0 Å². The largest absolute Gasteiger partial charge is 0.495 e. The normalized spacial score (nSPS) is 11.1. The molecule has 1 aromatic carbocycles. The second kappa shape index (κ2) is 10.4. The van der Waals surface area contributed by atoms with Crippen LogP contribution in [0.5, 0.6) is 5.75 Å². The van der Waals surface area contributed by atoms with E-state index >= 15 is 0 Å². The van der Waals surface area contributed by atoms with Gasteiger partial charge in [0.15, 0.2) is 0 Å². The van der Waals surface area contributed by atoms with E-state index in [9.17, 15) is 14.4 Å². The van der Waals surface area contributed by atoms with Crippen LogP contribution >= 0.6 is 11.6 Å². The number of amides is 1. The van der Waals surface area contributed by atoms with Gasteiger partial charge < -0.3 is 20.7 Å². The molecule has 9 nitrogen and oxygen atoms in total. The second-order valence-corrected chi connectivity index (χ2v) is 8.58. The second-order valence-electron chi connectivity index (χ2n) is 8.17. The molecule has 0 bridgehead atoms. The lowest BCUT2D eigenvalue weighted by Gasteiger charge is -2.27. The molecule has 0 aliphatic rings. The zero-order valence-corrected chi connectivity index (χ0v) is 19.2. The number of rotatable bonds is 9. The van der Waals surface area contributed by atoms with Crippen molar-refractivity contribution in [1.82, 2.24) is 9.55 Å². The summed E-state index contributed by atoms with van der Waals surface area (Å²) in [6, 6.07) is 4.89. The van der Waals surface area contributed by atoms with Crippen molar-refractivity contribution in [1.29, 1.82) is 0 Å². The van der Waals surface area contributed by atoms with E-state index < -0.39 is 11.2 Å². The van der Waals surface area contributed by atoms with E-state index in [1.54, 1.807) is 23.1 Å². The summed E-state index contributed by atoms with van der Waals surface area (Å²) < 4.78 is 6.44. The monoisotopic (exact) mass is 451 g/mol. The highest BCUT2D eigenvalue weighted by Gasteiger charge is 2.22. The third-order valence-corrected chi connectivity index (χ3v) is 4.73. The highest BCUT2D eigenvalue weighted by Crippen LogP contribution is 2.27. The lowest BCUT2D eigenvalue weighted by Crippen LogP contribution is -2.43. The maximum Gasteiger partial charge on any atom is 0.330 e. The fraction of sp³-hybridized carbons (Fsp3) is 0.476. The zero-order chi connectivity index (χ0) is 23.3. The number of ether oxygens (including phenoxy) is 1. The van der Waals surface area contributed by atoms with Crippen LogP contribution in [-0.4, -0.2) is 35.7 Å². The van der Waals surface area contributed by atoms with Crippen molar-refractivity contribution in [3.05, 3.63) is 44.1 Å². The highest BCUT2D eigenvalue weighted by molar-refractivity contribution is 6.32. The van der Waals surface area contributed by atoms with Gasteiger partial charge in [-0.1, -0.05) is 39.3 Å². The summed E-state index contributed by atoms with van der Waals surface area (Å²) in [5, 5.41) is 3.12. The summed E-state index contributed by atoms with van der Waals surface area (Å²) in [4.78, 5) is 41.5. The SMILES string of the molecule is COc1ccc(NC(=O)CN(CC(C)C)c2c(N)n(CC(C)C)c(=O)[nH]c2=O)cc1Cl. The number of nitrogens with one attached hydrogen (secondary N) is 2. The molecule has 0 atom stereocenters. The van der Waals surface area contributed by atoms with Crippen LogP contribution < -0.4 is 31.9 Å². The number of nitrogens with two attached hydrogens (primary N) is 1. The van der Waals surface area contributed by atoms with Crippen LogP contribution in [0.25, 0.3) is 0 Å². The molecule has 10 heteroatoms. The van der Waals surface area contributed by atoms with Crippen LogP contribution in [0, 0.1) is 11.8 Å². The Balaban J connectivity index is 2.36. The predicted molar refractivity (Wildman–Crippen MR) is 124 cm³/mol. The van der Waals surface area contributed by atoms with Gasteiger partial charge in [0.2, 0.25) is 5.91 Å². The van der Waals surface area contributed by atoms with E-state index in [4.69, 9.17) is 22.1 Å². The van der Waals surface area contributed by atoms with Gasteiger partial charge >= 0.3 is 5.69 Å². The number of aromatic amines is 1. The molecule has 1 aromatic heterocycles. The minimum absolute atomic E-state index is 0.0448. The van der Waals surface area contributed by atoms with Crippen LogP contribution in [0.2, 0.25) is 5.02 Å². The number of methoxy groups -OCH3 is 1. The number of H-pyrrole nitrogens is 1. The number of carbonyl (C=O) groups is 1. The van der Waals surface area contributed by atoms with Crippen molar-refractivity contribution in [2.24, 2.45) is 11.8 Å². The molecule has 0 aliphatic carbocycles. The van der Waals surface area contributed by atoms with Gasteiger partial charge in [-0.2, -0.15) is 0 Å². The van der Waals surface area contributed by atoms with E-state index in [-0.39, 0.29) is 35.8 Å². The maximum atomic E-state index is 12.7. The first-order chi connectivity index (χ1) is 14.5. The van der Waals surface area contributed by atoms with E-state index in [0.717, 1.165) is 0 Å². The van der Waals surface area contributed by atoms with Gasteiger partial charge in [0.25, 0.3) is 5.56 Å². The zero-order valence-electron chi connectivity index (χ0n) is 18.5. The third-order valence-electron chi connectivity index (χ3n) is 4.43. The maximum absolute atomic E-state index is 12.7. The molecule has 0 aliphatic heterocycles. The Hall–Kier alpha value is -2.94. The number of hydrogen-bond donors (Lipinski definition) is 3. The smallest absolute Gasteiger partial charge is 0.330 e. The summed E-state index contributed by atoms with van der Waals surface area (Å²) in [6.45, 7) is 8.41. The number of halogens is 1. The molecule has 1 heterocycles. The number of hydrogen-bond acceptors (Lipinski definition) is 6. The Labute approximate surface area is 186 Å². The van der Waals surface area contributed by atoms with Crippen molar-refractivity contribution in [2.75, 3.05) is 36.1 Å². The first-order valence-corrected chi connectivity index (χ1v) is 10.4. The number of benzene rings is 1. The topological polar surface area (TPSA) is 122 Å². The molecule has 0 radical (unpaired) electrons. The van der Waals surface area contributed by atoms with Gasteiger partial charge in [-0.05, 0) is 30.0 Å². The van der Waals surface area contributed by atoms with Gasteiger partial charge in [-0.3, -0.25) is 19.1 Å². The quantitative estimate of drug-likeness (QED) is 0.538. The van der Waals surface area contributed by atoms with E-state index in [0.29, 0.717) is 29.5 Å². The van der Waals surface area contributed by atoms with Crippen LogP contribution in [0.4, 0.5) is 17.2 Å².